The van der Waals surface area contributed by atoms with E-state index in [-0.39, 0.29) is 11.4 Å². The van der Waals surface area contributed by atoms with Crippen molar-refractivity contribution in [1.29, 1.82) is 0 Å². The molecule has 0 saturated carbocycles. The molecule has 1 unspecified atom stereocenters. The Hall–Kier alpha value is -0.480. The third-order valence-electron chi connectivity index (χ3n) is 2.63. The van der Waals surface area contributed by atoms with E-state index in [1.165, 1.54) is 0 Å². The first-order valence-electron chi connectivity index (χ1n) is 5.54. The van der Waals surface area contributed by atoms with Crippen LogP contribution in [0.15, 0.2) is 30.3 Å². The van der Waals surface area contributed by atoms with Gasteiger partial charge in [-0.25, -0.2) is 0 Å². The van der Waals surface area contributed by atoms with Gasteiger partial charge in [-0.15, -0.1) is 0 Å². The van der Waals surface area contributed by atoms with Gasteiger partial charge in [0.15, 0.2) is 0 Å². The summed E-state index contributed by atoms with van der Waals surface area (Å²) in [6.45, 7) is 2.04. The van der Waals surface area contributed by atoms with Crippen LogP contribution >= 0.6 is 27.7 Å². The van der Waals surface area contributed by atoms with Crippen LogP contribution in [0.3, 0.4) is 0 Å². The van der Waals surface area contributed by atoms with Gasteiger partial charge < -0.3 is 5.32 Å². The number of hydrogen-bond acceptors (Lipinski definition) is 2. The molecule has 1 amide bonds. The van der Waals surface area contributed by atoms with Crippen molar-refractivity contribution >= 4 is 33.6 Å². The summed E-state index contributed by atoms with van der Waals surface area (Å²) < 4.78 is 0. The zero-order chi connectivity index (χ0) is 12.7. The third-order valence-corrected chi connectivity index (χ3v) is 4.36. The van der Waals surface area contributed by atoms with Crippen molar-refractivity contribution in [3.63, 3.8) is 0 Å². The fourth-order valence-electron chi connectivity index (χ4n) is 1.55. The van der Waals surface area contributed by atoms with Gasteiger partial charge in [0.1, 0.15) is 0 Å². The van der Waals surface area contributed by atoms with E-state index in [0.29, 0.717) is 11.8 Å². The Kier molecular flexibility index (Phi) is 6.06. The molecule has 1 rings (SSSR count). The molecule has 2 nitrogen and oxygen atoms in total. The summed E-state index contributed by atoms with van der Waals surface area (Å²) in [4.78, 5) is 11.8. The highest BCUT2D eigenvalue weighted by molar-refractivity contribution is 9.09. The summed E-state index contributed by atoms with van der Waals surface area (Å²) in [7, 11) is 0. The predicted octanol–water partition coefficient (Wildman–Crippen LogP) is 3.17. The molecule has 0 saturated heterocycles. The second kappa shape index (κ2) is 7.07. The Morgan fingerprint density at radius 3 is 2.59 bits per heavy atom. The van der Waals surface area contributed by atoms with Gasteiger partial charge >= 0.3 is 0 Å². The lowest BCUT2D eigenvalue weighted by Gasteiger charge is -2.29. The smallest absolute Gasteiger partial charge is 0.221 e. The molecule has 94 valence electrons. The number of amides is 1. The van der Waals surface area contributed by atoms with Crippen molar-refractivity contribution in [2.24, 2.45) is 0 Å². The molecular weight excluding hydrogens is 298 g/mol. The van der Waals surface area contributed by atoms with Crippen molar-refractivity contribution in [2.45, 2.75) is 18.9 Å². The number of thioether (sulfide) groups is 1. The second-order valence-electron chi connectivity index (χ2n) is 4.12. The van der Waals surface area contributed by atoms with E-state index in [1.807, 2.05) is 43.5 Å². The number of carbonyl (C=O) groups is 1. The molecule has 1 atom stereocenters. The molecule has 0 aliphatic rings. The van der Waals surface area contributed by atoms with E-state index in [4.69, 9.17) is 0 Å². The number of nitrogens with one attached hydrogen (secondary N) is 1. The first-order valence-corrected chi connectivity index (χ1v) is 8.05. The summed E-state index contributed by atoms with van der Waals surface area (Å²) in [5.74, 6) is 0.962. The molecule has 0 aliphatic carbocycles. The number of halogens is 1. The summed E-state index contributed by atoms with van der Waals surface area (Å²) in [5, 5.41) is 3.80. The van der Waals surface area contributed by atoms with Crippen LogP contribution in [-0.4, -0.2) is 23.2 Å². The van der Waals surface area contributed by atoms with Crippen LogP contribution in [-0.2, 0) is 10.3 Å². The average molecular weight is 316 g/mol. The van der Waals surface area contributed by atoms with E-state index in [9.17, 15) is 4.79 Å². The van der Waals surface area contributed by atoms with Crippen molar-refractivity contribution in [2.75, 3.05) is 17.3 Å². The third kappa shape index (κ3) is 4.36. The topological polar surface area (TPSA) is 29.1 Å². The number of alkyl halides is 1. The maximum absolute atomic E-state index is 11.8. The van der Waals surface area contributed by atoms with Crippen LogP contribution in [0.25, 0.3) is 0 Å². The zero-order valence-electron chi connectivity index (χ0n) is 10.2. The van der Waals surface area contributed by atoms with Gasteiger partial charge in [-0.1, -0.05) is 46.3 Å². The van der Waals surface area contributed by atoms with Crippen LogP contribution in [0.5, 0.6) is 0 Å². The van der Waals surface area contributed by atoms with Crippen LogP contribution < -0.4 is 5.32 Å². The van der Waals surface area contributed by atoms with Gasteiger partial charge in [-0.2, -0.15) is 11.8 Å². The minimum Gasteiger partial charge on any atom is -0.346 e. The van der Waals surface area contributed by atoms with E-state index in [1.54, 1.807) is 11.8 Å². The van der Waals surface area contributed by atoms with E-state index < -0.39 is 0 Å². The standard InChI is InChI=1S/C13H18BrNOS/c1-13(10-14,11-6-4-3-5-7-11)15-12(16)8-9-17-2/h3-7H,8-10H2,1-2H3,(H,15,16). The zero-order valence-corrected chi connectivity index (χ0v) is 12.6. The monoisotopic (exact) mass is 315 g/mol. The molecule has 0 aliphatic heterocycles. The lowest BCUT2D eigenvalue weighted by Crippen LogP contribution is -2.45. The number of carbonyl (C=O) groups excluding carboxylic acids is 1. The fraction of sp³-hybridized carbons (Fsp3) is 0.462. The van der Waals surface area contributed by atoms with Crippen molar-refractivity contribution in [1.82, 2.24) is 5.32 Å². The van der Waals surface area contributed by atoms with Gasteiger partial charge in [-0.05, 0) is 18.7 Å². The van der Waals surface area contributed by atoms with Gasteiger partial charge in [0.25, 0.3) is 0 Å². The fourth-order valence-corrected chi connectivity index (χ4v) is 2.41. The average Bonchev–Trinajstić information content (AvgIpc) is 2.37. The van der Waals surface area contributed by atoms with Crippen LogP contribution in [0.2, 0.25) is 0 Å². The number of benzene rings is 1. The Morgan fingerprint density at radius 1 is 1.41 bits per heavy atom. The van der Waals surface area contributed by atoms with Crippen molar-refractivity contribution < 1.29 is 4.79 Å². The second-order valence-corrected chi connectivity index (χ2v) is 5.67. The van der Waals surface area contributed by atoms with E-state index >= 15 is 0 Å². The van der Waals surface area contributed by atoms with Gasteiger partial charge in [0.2, 0.25) is 5.91 Å². The number of hydrogen-bond donors (Lipinski definition) is 1. The van der Waals surface area contributed by atoms with Crippen LogP contribution in [0.1, 0.15) is 18.9 Å². The van der Waals surface area contributed by atoms with Crippen molar-refractivity contribution in [3.05, 3.63) is 35.9 Å². The van der Waals surface area contributed by atoms with Gasteiger partial charge in [-0.3, -0.25) is 4.79 Å². The molecule has 0 bridgehead atoms. The molecule has 0 spiro atoms. The first kappa shape index (κ1) is 14.6. The lowest BCUT2D eigenvalue weighted by molar-refractivity contribution is -0.122. The molecule has 1 N–H and O–H groups in total. The quantitative estimate of drug-likeness (QED) is 0.817. The molecule has 17 heavy (non-hydrogen) atoms. The molecular formula is C13H18BrNOS. The van der Waals surface area contributed by atoms with Gasteiger partial charge in [0.05, 0.1) is 5.54 Å². The maximum Gasteiger partial charge on any atom is 0.221 e. The number of rotatable bonds is 6. The first-order chi connectivity index (χ1) is 8.12. The normalized spacial score (nSPS) is 14.1. The van der Waals surface area contributed by atoms with E-state index in [0.717, 1.165) is 11.3 Å². The Labute approximate surface area is 116 Å². The molecule has 0 radical (unpaired) electrons. The van der Waals surface area contributed by atoms with Crippen molar-refractivity contribution in [3.8, 4) is 0 Å². The molecule has 4 heteroatoms. The molecule has 1 aromatic rings. The minimum absolute atomic E-state index is 0.102. The summed E-state index contributed by atoms with van der Waals surface area (Å²) in [5.41, 5.74) is 0.783. The molecule has 0 heterocycles. The summed E-state index contributed by atoms with van der Waals surface area (Å²) >= 11 is 5.17. The largest absolute Gasteiger partial charge is 0.346 e. The Balaban J connectivity index is 2.72. The predicted molar refractivity (Wildman–Crippen MR) is 78.7 cm³/mol. The Morgan fingerprint density at radius 2 is 2.06 bits per heavy atom. The highest BCUT2D eigenvalue weighted by Crippen LogP contribution is 2.23. The summed E-state index contributed by atoms with van der Waals surface area (Å²) in [6.07, 6.45) is 2.57. The molecule has 1 aromatic carbocycles. The summed E-state index contributed by atoms with van der Waals surface area (Å²) in [6, 6.07) is 10.0. The highest BCUT2D eigenvalue weighted by Gasteiger charge is 2.26. The Bertz CT molecular complexity index is 358. The van der Waals surface area contributed by atoms with Crippen LogP contribution in [0, 0.1) is 0 Å². The lowest BCUT2D eigenvalue weighted by atomic mass is 9.94. The van der Waals surface area contributed by atoms with Crippen LogP contribution in [0.4, 0.5) is 0 Å². The minimum atomic E-state index is -0.337. The SMILES string of the molecule is CSCCC(=O)NC(C)(CBr)c1ccccc1. The molecule has 0 fully saturated rings. The maximum atomic E-state index is 11.8. The van der Waals surface area contributed by atoms with Gasteiger partial charge in [0, 0.05) is 17.5 Å². The highest BCUT2D eigenvalue weighted by atomic mass is 79.9. The van der Waals surface area contributed by atoms with E-state index in [2.05, 4.69) is 21.2 Å². The molecule has 0 aromatic heterocycles.